The van der Waals surface area contributed by atoms with Crippen LogP contribution in [0.25, 0.3) is 5.76 Å². The number of Topliss-reactive ketones (excluding diaryl/α,β-unsaturated/α-hetero) is 1. The first-order valence-electron chi connectivity index (χ1n) is 10.6. The molecule has 1 amide bonds. The summed E-state index contributed by atoms with van der Waals surface area (Å²) in [5.74, 6) is -2.35. The number of hydrogen-bond acceptors (Lipinski definition) is 5. The van der Waals surface area contributed by atoms with Crippen molar-refractivity contribution in [3.05, 3.63) is 95.6 Å². The smallest absolute Gasteiger partial charge is 0.507 e. The summed E-state index contributed by atoms with van der Waals surface area (Å²) in [5.41, 5.74) is 0.587. The van der Waals surface area contributed by atoms with E-state index in [0.29, 0.717) is 17.9 Å². The fourth-order valence-electron chi connectivity index (χ4n) is 3.91. The maximum atomic E-state index is 13.1. The van der Waals surface area contributed by atoms with E-state index in [1.165, 1.54) is 12.1 Å². The molecule has 1 aliphatic heterocycles. The molecule has 1 N–H and O–H groups in total. The van der Waals surface area contributed by atoms with Gasteiger partial charge in [0.05, 0.1) is 18.2 Å². The molecule has 9 heteroatoms. The number of alkyl halides is 3. The number of ether oxygens (including phenoxy) is 2. The highest BCUT2D eigenvalue weighted by Crippen LogP contribution is 2.43. The summed E-state index contributed by atoms with van der Waals surface area (Å²) < 4.78 is 47.6. The highest BCUT2D eigenvalue weighted by molar-refractivity contribution is 6.51. The second-order valence-electron chi connectivity index (χ2n) is 7.58. The Morgan fingerprint density at radius 1 is 0.943 bits per heavy atom. The number of rotatable bonds is 6. The Kier molecular flexibility index (Phi) is 6.50. The number of ketones is 1. The van der Waals surface area contributed by atoms with Crippen LogP contribution < -0.4 is 14.4 Å². The highest BCUT2D eigenvalue weighted by atomic mass is 19.4. The van der Waals surface area contributed by atoms with Crippen LogP contribution in [-0.4, -0.2) is 29.8 Å². The van der Waals surface area contributed by atoms with Gasteiger partial charge in [-0.3, -0.25) is 14.5 Å². The first kappa shape index (κ1) is 23.9. The highest BCUT2D eigenvalue weighted by Gasteiger charge is 2.47. The summed E-state index contributed by atoms with van der Waals surface area (Å²) in [5, 5.41) is 11.1. The Hall–Kier alpha value is -4.27. The molecule has 0 radical (unpaired) electrons. The average Bonchev–Trinajstić information content (AvgIpc) is 3.09. The van der Waals surface area contributed by atoms with Crippen LogP contribution >= 0.6 is 0 Å². The van der Waals surface area contributed by atoms with Crippen LogP contribution in [0, 0.1) is 0 Å². The minimum Gasteiger partial charge on any atom is -0.507 e. The van der Waals surface area contributed by atoms with Crippen LogP contribution in [-0.2, 0) is 9.59 Å². The van der Waals surface area contributed by atoms with Gasteiger partial charge in [-0.15, -0.1) is 13.2 Å². The minimum absolute atomic E-state index is 0.00782. The van der Waals surface area contributed by atoms with Gasteiger partial charge in [0, 0.05) is 17.3 Å². The number of anilines is 1. The molecule has 0 aromatic heterocycles. The summed E-state index contributed by atoms with van der Waals surface area (Å²) in [4.78, 5) is 27.3. The minimum atomic E-state index is -4.93. The quantitative estimate of drug-likeness (QED) is 0.280. The van der Waals surface area contributed by atoms with Crippen molar-refractivity contribution in [2.45, 2.75) is 19.3 Å². The molecule has 1 saturated heterocycles. The van der Waals surface area contributed by atoms with Crippen LogP contribution in [0.3, 0.4) is 0 Å². The van der Waals surface area contributed by atoms with E-state index in [0.717, 1.165) is 17.0 Å². The molecule has 0 saturated carbocycles. The summed E-state index contributed by atoms with van der Waals surface area (Å²) in [6.45, 7) is 2.27. The summed E-state index contributed by atoms with van der Waals surface area (Å²) >= 11 is 0. The molecule has 3 aromatic rings. The third-order valence-corrected chi connectivity index (χ3v) is 5.33. The lowest BCUT2D eigenvalue weighted by atomic mass is 9.95. The molecule has 0 spiro atoms. The SMILES string of the molecule is CCOc1ccc(/C(O)=C2\C(=O)C(=O)N(c3cccc(OC(F)(F)F)c3)C2c2ccccc2)cc1. The zero-order chi connectivity index (χ0) is 25.2. The third-order valence-electron chi connectivity index (χ3n) is 5.33. The Morgan fingerprint density at radius 2 is 1.63 bits per heavy atom. The fraction of sp³-hybridized carbons (Fsp3) is 0.154. The fourth-order valence-corrected chi connectivity index (χ4v) is 3.91. The van der Waals surface area contributed by atoms with Gasteiger partial charge in [-0.05, 0) is 48.9 Å². The lowest BCUT2D eigenvalue weighted by molar-refractivity contribution is -0.274. The molecular weight excluding hydrogens is 463 g/mol. The van der Waals surface area contributed by atoms with Crippen molar-refractivity contribution in [3.63, 3.8) is 0 Å². The standard InChI is InChI=1S/C26H20F3NO5/c1-2-34-19-13-11-17(12-14-19)23(31)21-22(16-7-4-3-5-8-16)30(25(33)24(21)32)18-9-6-10-20(15-18)35-26(27,28)29/h3-15,22,31H,2H2,1H3/b23-21+. The van der Waals surface area contributed by atoms with Gasteiger partial charge in [0.15, 0.2) is 0 Å². The Labute approximate surface area is 198 Å². The number of aliphatic hydroxyl groups excluding tert-OH is 1. The molecule has 6 nitrogen and oxygen atoms in total. The van der Waals surface area contributed by atoms with Crippen LogP contribution in [0.15, 0.2) is 84.4 Å². The van der Waals surface area contributed by atoms with Gasteiger partial charge in [0.25, 0.3) is 11.7 Å². The van der Waals surface area contributed by atoms with Gasteiger partial charge < -0.3 is 14.6 Å². The van der Waals surface area contributed by atoms with Crippen LogP contribution in [0.1, 0.15) is 24.1 Å². The number of amides is 1. The molecule has 1 fully saturated rings. The summed E-state index contributed by atoms with van der Waals surface area (Å²) in [6, 6.07) is 18.5. The molecular formula is C26H20F3NO5. The van der Waals surface area contributed by atoms with E-state index >= 15 is 0 Å². The van der Waals surface area contributed by atoms with Crippen molar-refractivity contribution in [1.29, 1.82) is 0 Å². The number of halogens is 3. The normalized spacial score (nSPS) is 17.5. The molecule has 1 heterocycles. The van der Waals surface area contributed by atoms with Crippen molar-refractivity contribution >= 4 is 23.1 Å². The van der Waals surface area contributed by atoms with E-state index in [1.807, 2.05) is 6.92 Å². The van der Waals surface area contributed by atoms with E-state index in [9.17, 15) is 27.9 Å². The predicted octanol–water partition coefficient (Wildman–Crippen LogP) is 5.61. The number of aliphatic hydroxyl groups is 1. The molecule has 1 atom stereocenters. The lowest BCUT2D eigenvalue weighted by Gasteiger charge is -2.26. The van der Waals surface area contributed by atoms with Crippen molar-refractivity contribution in [1.82, 2.24) is 0 Å². The maximum Gasteiger partial charge on any atom is 0.573 e. The van der Waals surface area contributed by atoms with Crippen molar-refractivity contribution in [3.8, 4) is 11.5 Å². The molecule has 180 valence electrons. The number of carbonyl (C=O) groups is 2. The largest absolute Gasteiger partial charge is 0.573 e. The van der Waals surface area contributed by atoms with E-state index in [2.05, 4.69) is 4.74 Å². The molecule has 3 aromatic carbocycles. The molecule has 0 bridgehead atoms. The summed E-state index contributed by atoms with van der Waals surface area (Å²) in [6.07, 6.45) is -4.93. The van der Waals surface area contributed by atoms with Crippen molar-refractivity contribution in [2.24, 2.45) is 0 Å². The van der Waals surface area contributed by atoms with Gasteiger partial charge >= 0.3 is 6.36 Å². The first-order chi connectivity index (χ1) is 16.7. The molecule has 1 unspecified atom stereocenters. The van der Waals surface area contributed by atoms with E-state index < -0.39 is 35.6 Å². The van der Waals surface area contributed by atoms with Crippen LogP contribution in [0.4, 0.5) is 18.9 Å². The second-order valence-corrected chi connectivity index (χ2v) is 7.58. The van der Waals surface area contributed by atoms with Crippen molar-refractivity contribution in [2.75, 3.05) is 11.5 Å². The van der Waals surface area contributed by atoms with E-state index in [4.69, 9.17) is 4.74 Å². The van der Waals surface area contributed by atoms with Crippen molar-refractivity contribution < 1.29 is 37.3 Å². The Bertz CT molecular complexity index is 1270. The van der Waals surface area contributed by atoms with E-state index in [-0.39, 0.29) is 16.8 Å². The number of carbonyl (C=O) groups excluding carboxylic acids is 2. The number of hydrogen-bond donors (Lipinski definition) is 1. The van der Waals surface area contributed by atoms with Gasteiger partial charge in [0.2, 0.25) is 0 Å². The first-order valence-corrected chi connectivity index (χ1v) is 10.6. The van der Waals surface area contributed by atoms with Crippen LogP contribution in [0.5, 0.6) is 11.5 Å². The lowest BCUT2D eigenvalue weighted by Crippen LogP contribution is -2.29. The zero-order valence-corrected chi connectivity index (χ0v) is 18.5. The Balaban J connectivity index is 1.84. The Morgan fingerprint density at radius 3 is 2.26 bits per heavy atom. The van der Waals surface area contributed by atoms with Gasteiger partial charge in [0.1, 0.15) is 17.3 Å². The molecule has 0 aliphatic carbocycles. The van der Waals surface area contributed by atoms with Gasteiger partial charge in [-0.2, -0.15) is 0 Å². The monoisotopic (exact) mass is 483 g/mol. The van der Waals surface area contributed by atoms with E-state index in [1.54, 1.807) is 54.6 Å². The van der Waals surface area contributed by atoms with Crippen LogP contribution in [0.2, 0.25) is 0 Å². The zero-order valence-electron chi connectivity index (χ0n) is 18.5. The number of nitrogens with zero attached hydrogens (tertiary/aromatic N) is 1. The average molecular weight is 483 g/mol. The predicted molar refractivity (Wildman–Crippen MR) is 122 cm³/mol. The van der Waals surface area contributed by atoms with Gasteiger partial charge in [-0.25, -0.2) is 0 Å². The number of benzene rings is 3. The maximum absolute atomic E-state index is 13.1. The molecule has 35 heavy (non-hydrogen) atoms. The molecule has 4 rings (SSSR count). The summed E-state index contributed by atoms with van der Waals surface area (Å²) in [7, 11) is 0. The second kappa shape index (κ2) is 9.54. The topological polar surface area (TPSA) is 76.1 Å². The third kappa shape index (κ3) is 4.98. The molecule has 1 aliphatic rings. The van der Waals surface area contributed by atoms with Gasteiger partial charge in [-0.1, -0.05) is 36.4 Å².